The first-order valence-electron chi connectivity index (χ1n) is 37.5. The average molecular weight is 1300 g/mol. The summed E-state index contributed by atoms with van der Waals surface area (Å²) in [5.74, 6) is -0.840. The lowest BCUT2D eigenvalue weighted by Gasteiger charge is -2.28. The predicted molar refractivity (Wildman–Crippen MR) is 397 cm³/mol. The third kappa shape index (κ3) is 74.9. The zero-order valence-electron chi connectivity index (χ0n) is 59.9. The van der Waals surface area contributed by atoms with Crippen LogP contribution in [0.3, 0.4) is 0 Å². The van der Waals surface area contributed by atoms with Crippen LogP contribution in [-0.4, -0.2) is 70.0 Å². The van der Waals surface area contributed by atoms with Crippen LogP contribution in [-0.2, 0) is 32.7 Å². The second-order valence-electron chi connectivity index (χ2n) is 25.9. The van der Waals surface area contributed by atoms with Gasteiger partial charge in [-0.1, -0.05) is 327 Å². The summed E-state index contributed by atoms with van der Waals surface area (Å²) in [5.41, 5.74) is 0. The summed E-state index contributed by atoms with van der Waals surface area (Å²) in [4.78, 5) is 38.1. The van der Waals surface area contributed by atoms with E-state index in [1.54, 1.807) is 0 Å². The molecule has 0 fully saturated rings. The highest BCUT2D eigenvalue weighted by Gasteiger charge is 2.22. The van der Waals surface area contributed by atoms with Crippen molar-refractivity contribution in [3.63, 3.8) is 0 Å². The highest BCUT2D eigenvalue weighted by Crippen LogP contribution is 2.38. The van der Waals surface area contributed by atoms with Crippen LogP contribution < -0.4 is 4.89 Å². The van der Waals surface area contributed by atoms with Gasteiger partial charge in [0.05, 0.1) is 27.7 Å². The minimum absolute atomic E-state index is 0.0378. The number of carbonyl (C=O) groups is 2. The van der Waals surface area contributed by atoms with Crippen LogP contribution in [0.15, 0.2) is 146 Å². The van der Waals surface area contributed by atoms with Crippen LogP contribution >= 0.6 is 7.82 Å². The lowest BCUT2D eigenvalue weighted by Crippen LogP contribution is -2.37. The number of hydrogen-bond acceptors (Lipinski definition) is 8. The van der Waals surface area contributed by atoms with Gasteiger partial charge in [0.25, 0.3) is 7.82 Å². The predicted octanol–water partition coefficient (Wildman–Crippen LogP) is 24.3. The number of phosphoric ester groups is 1. The first-order chi connectivity index (χ1) is 45.0. The quantitative estimate of drug-likeness (QED) is 0.0195. The standard InChI is InChI=1S/C82H140NO8P/c1-6-8-10-12-14-16-18-20-22-24-26-28-30-32-34-36-38-40-41-43-44-46-48-50-52-54-56-58-60-62-64-66-68-70-72-74-81(84)88-78-80(79-90-92(86,87)89-77-76-83(3,4)5)91-82(85)75-73-71-69-67-65-63-61-59-57-55-53-51-49-47-45-42-39-37-35-33-31-29-27-25-23-21-19-17-15-13-11-9-7-2/h8-11,14-17,20-23,26-29,33,35,39,42,47,49,53,55,80H,6-7,12-13,18-19,24-25,30-32,34,36-38,40-41,43-46,48,50-52,54,56-79H2,1-5H3/b10-8-,11-9-,16-14-,17-15-,22-20-,23-21-,28-26-,29-27-,35-33-,42-39-,49-47-,55-53-. The molecule has 0 aliphatic rings. The number of phosphoric acid groups is 1. The maximum Gasteiger partial charge on any atom is 0.306 e. The Bertz CT molecular complexity index is 2070. The summed E-state index contributed by atoms with van der Waals surface area (Å²) in [7, 11) is 1.15. The average Bonchev–Trinajstić information content (AvgIpc) is 2.23. The maximum atomic E-state index is 12.9. The van der Waals surface area contributed by atoms with Gasteiger partial charge >= 0.3 is 11.9 Å². The maximum absolute atomic E-state index is 12.9. The van der Waals surface area contributed by atoms with Crippen LogP contribution in [0.2, 0.25) is 0 Å². The van der Waals surface area contributed by atoms with E-state index < -0.39 is 26.5 Å². The summed E-state index contributed by atoms with van der Waals surface area (Å²) in [6.45, 7) is 4.02. The number of esters is 2. The number of rotatable bonds is 68. The van der Waals surface area contributed by atoms with E-state index in [9.17, 15) is 19.0 Å². The van der Waals surface area contributed by atoms with Crippen molar-refractivity contribution in [2.75, 3.05) is 47.5 Å². The van der Waals surface area contributed by atoms with Crippen molar-refractivity contribution in [2.45, 2.75) is 315 Å². The van der Waals surface area contributed by atoms with Crippen molar-refractivity contribution in [2.24, 2.45) is 0 Å². The highest BCUT2D eigenvalue weighted by atomic mass is 31.2. The Labute approximate surface area is 567 Å². The summed E-state index contributed by atoms with van der Waals surface area (Å²) >= 11 is 0. The molecule has 0 spiro atoms. The van der Waals surface area contributed by atoms with Crippen LogP contribution in [0.25, 0.3) is 0 Å². The molecule has 0 heterocycles. The number of likely N-dealkylation sites (N-methyl/N-ethyl adjacent to an activating group) is 1. The fourth-order valence-corrected chi connectivity index (χ4v) is 10.9. The normalized spacial score (nSPS) is 13.9. The number of ether oxygens (including phenoxy) is 2. The van der Waals surface area contributed by atoms with E-state index in [2.05, 4.69) is 160 Å². The first-order valence-corrected chi connectivity index (χ1v) is 39.0. The molecular weight excluding hydrogens is 1160 g/mol. The third-order valence-corrected chi connectivity index (χ3v) is 16.8. The smallest absolute Gasteiger partial charge is 0.306 e. The number of quaternary nitrogens is 1. The van der Waals surface area contributed by atoms with E-state index in [1.165, 1.54) is 154 Å². The lowest BCUT2D eigenvalue weighted by atomic mass is 10.0. The Hall–Kier alpha value is -4.11. The van der Waals surface area contributed by atoms with E-state index in [4.69, 9.17) is 18.5 Å². The van der Waals surface area contributed by atoms with E-state index in [0.717, 1.165) is 122 Å². The van der Waals surface area contributed by atoms with Crippen molar-refractivity contribution < 1.29 is 42.1 Å². The Morgan fingerprint density at radius 2 is 0.587 bits per heavy atom. The molecule has 0 rings (SSSR count). The Morgan fingerprint density at radius 1 is 0.337 bits per heavy atom. The molecule has 0 saturated carbocycles. The molecule has 0 amide bonds. The van der Waals surface area contributed by atoms with E-state index in [0.29, 0.717) is 17.4 Å². The molecule has 9 nitrogen and oxygen atoms in total. The second-order valence-corrected chi connectivity index (χ2v) is 27.3. The summed E-state index contributed by atoms with van der Waals surface area (Å²) in [6.07, 6.45) is 105. The summed E-state index contributed by atoms with van der Waals surface area (Å²) in [6, 6.07) is 0. The van der Waals surface area contributed by atoms with Crippen LogP contribution in [0.4, 0.5) is 0 Å². The summed E-state index contributed by atoms with van der Waals surface area (Å²) < 4.78 is 34.4. The molecule has 0 aliphatic carbocycles. The SMILES string of the molecule is CC/C=C\C/C=C\C/C=C\C/C=C\C/C=C\C/C=C\C/C=C\C/C=C\CCCCCCCCCCC(=O)OC(COC(=O)CCCCCCCCCCCCCCCCCCCCCCCC/C=C\C/C=C\C/C=C\C/C=C\CC)COP(=O)([O-])OCC[N+](C)(C)C. The van der Waals surface area contributed by atoms with Crippen LogP contribution in [0.5, 0.6) is 0 Å². The zero-order chi connectivity index (χ0) is 66.9. The molecule has 526 valence electrons. The zero-order valence-corrected chi connectivity index (χ0v) is 60.8. The summed E-state index contributed by atoms with van der Waals surface area (Å²) in [5, 5.41) is 0. The van der Waals surface area contributed by atoms with Gasteiger partial charge in [-0.3, -0.25) is 14.2 Å². The van der Waals surface area contributed by atoms with Gasteiger partial charge in [0, 0.05) is 12.8 Å². The molecule has 0 aromatic carbocycles. The lowest BCUT2D eigenvalue weighted by molar-refractivity contribution is -0.870. The molecule has 0 bridgehead atoms. The topological polar surface area (TPSA) is 111 Å². The number of carbonyl (C=O) groups excluding carboxylic acids is 2. The molecule has 2 atom stereocenters. The van der Waals surface area contributed by atoms with Crippen LogP contribution in [0.1, 0.15) is 309 Å². The number of allylic oxidation sites excluding steroid dienone is 24. The molecule has 0 aromatic heterocycles. The van der Waals surface area contributed by atoms with Crippen molar-refractivity contribution in [3.05, 3.63) is 146 Å². The molecule has 0 N–H and O–H groups in total. The fourth-order valence-electron chi connectivity index (χ4n) is 10.2. The number of unbranched alkanes of at least 4 members (excludes halogenated alkanes) is 30. The van der Waals surface area contributed by atoms with Gasteiger partial charge in [0.1, 0.15) is 19.8 Å². The van der Waals surface area contributed by atoms with Gasteiger partial charge < -0.3 is 27.9 Å². The molecule has 0 aromatic rings. The van der Waals surface area contributed by atoms with Crippen molar-refractivity contribution in [1.82, 2.24) is 0 Å². The van der Waals surface area contributed by atoms with Gasteiger partial charge in [0.15, 0.2) is 6.10 Å². The van der Waals surface area contributed by atoms with Crippen molar-refractivity contribution in [3.8, 4) is 0 Å². The largest absolute Gasteiger partial charge is 0.756 e. The van der Waals surface area contributed by atoms with Gasteiger partial charge in [-0.05, 0) is 116 Å². The fraction of sp³-hybridized carbons (Fsp3) is 0.683. The van der Waals surface area contributed by atoms with E-state index >= 15 is 0 Å². The molecule has 0 saturated heterocycles. The van der Waals surface area contributed by atoms with Gasteiger partial charge in [-0.25, -0.2) is 0 Å². The van der Waals surface area contributed by atoms with E-state index in [-0.39, 0.29) is 32.0 Å². The van der Waals surface area contributed by atoms with Crippen LogP contribution in [0, 0.1) is 0 Å². The first kappa shape index (κ1) is 87.9. The Kier molecular flexibility index (Phi) is 68.0. The molecule has 10 heteroatoms. The third-order valence-electron chi connectivity index (χ3n) is 15.9. The van der Waals surface area contributed by atoms with Crippen molar-refractivity contribution >= 4 is 19.8 Å². The molecule has 0 aliphatic heterocycles. The van der Waals surface area contributed by atoms with Crippen molar-refractivity contribution in [1.29, 1.82) is 0 Å². The molecule has 2 unspecified atom stereocenters. The monoisotopic (exact) mass is 1300 g/mol. The second kappa shape index (κ2) is 71.2. The van der Waals surface area contributed by atoms with E-state index in [1.807, 2.05) is 21.1 Å². The highest BCUT2D eigenvalue weighted by molar-refractivity contribution is 7.45. The minimum atomic E-state index is -4.65. The van der Waals surface area contributed by atoms with Gasteiger partial charge in [-0.2, -0.15) is 0 Å². The number of hydrogen-bond donors (Lipinski definition) is 0. The molecular formula is C82H140NO8P. The minimum Gasteiger partial charge on any atom is -0.756 e. The molecule has 92 heavy (non-hydrogen) atoms. The Morgan fingerprint density at radius 3 is 0.870 bits per heavy atom. The molecule has 0 radical (unpaired) electrons. The number of nitrogens with zero attached hydrogens (tertiary/aromatic N) is 1. The van der Waals surface area contributed by atoms with Gasteiger partial charge in [0.2, 0.25) is 0 Å². The van der Waals surface area contributed by atoms with Gasteiger partial charge in [-0.15, -0.1) is 0 Å². The Balaban J connectivity index is 4.04.